The summed E-state index contributed by atoms with van der Waals surface area (Å²) in [5.41, 5.74) is 4.72. The van der Waals surface area contributed by atoms with Crippen molar-refractivity contribution in [1.29, 1.82) is 0 Å². The second kappa shape index (κ2) is 6.51. The van der Waals surface area contributed by atoms with Gasteiger partial charge in [0.25, 0.3) is 0 Å². The lowest BCUT2D eigenvalue weighted by atomic mass is 9.98. The van der Waals surface area contributed by atoms with Crippen LogP contribution in [0.15, 0.2) is 60.7 Å². The van der Waals surface area contributed by atoms with Crippen LogP contribution in [0.2, 0.25) is 0 Å². The molecular formula is C19H19NO. The van der Waals surface area contributed by atoms with Crippen LogP contribution in [0.1, 0.15) is 27.9 Å². The van der Waals surface area contributed by atoms with Crippen LogP contribution in [0.25, 0.3) is 5.57 Å². The number of nitrogens with zero attached hydrogens (tertiary/aromatic N) is 1. The molecule has 0 radical (unpaired) electrons. The van der Waals surface area contributed by atoms with Crippen LogP contribution in [0, 0.1) is 0 Å². The van der Waals surface area contributed by atoms with Gasteiger partial charge in [-0.3, -0.25) is 9.69 Å². The van der Waals surface area contributed by atoms with E-state index in [4.69, 9.17) is 0 Å². The van der Waals surface area contributed by atoms with E-state index in [1.54, 1.807) is 0 Å². The van der Waals surface area contributed by atoms with Crippen LogP contribution in [0.4, 0.5) is 0 Å². The number of benzene rings is 2. The normalized spacial score (nSPS) is 15.5. The smallest absolute Gasteiger partial charge is 0.150 e. The number of hydrogen-bond donors (Lipinski definition) is 0. The number of rotatable bonds is 4. The van der Waals surface area contributed by atoms with Gasteiger partial charge in [0.2, 0.25) is 0 Å². The quantitative estimate of drug-likeness (QED) is 0.792. The van der Waals surface area contributed by atoms with Crippen LogP contribution in [0.3, 0.4) is 0 Å². The molecule has 2 aromatic carbocycles. The van der Waals surface area contributed by atoms with Crippen LogP contribution >= 0.6 is 0 Å². The molecule has 0 N–H and O–H groups in total. The first-order chi connectivity index (χ1) is 10.3. The molecule has 0 amide bonds. The fraction of sp³-hybridized carbons (Fsp3) is 0.211. The van der Waals surface area contributed by atoms with Crippen LogP contribution in [0.5, 0.6) is 0 Å². The van der Waals surface area contributed by atoms with Crippen molar-refractivity contribution in [3.8, 4) is 0 Å². The number of aldehydes is 1. The number of carbonyl (C=O) groups is 1. The number of hydrogen-bond acceptors (Lipinski definition) is 2. The molecule has 2 aromatic rings. The van der Waals surface area contributed by atoms with Gasteiger partial charge in [-0.25, -0.2) is 0 Å². The Kier molecular flexibility index (Phi) is 4.27. The Morgan fingerprint density at radius 1 is 1.00 bits per heavy atom. The van der Waals surface area contributed by atoms with E-state index in [1.165, 1.54) is 16.7 Å². The molecule has 0 aromatic heterocycles. The van der Waals surface area contributed by atoms with E-state index in [2.05, 4.69) is 41.3 Å². The predicted molar refractivity (Wildman–Crippen MR) is 86.1 cm³/mol. The highest BCUT2D eigenvalue weighted by atomic mass is 16.1. The van der Waals surface area contributed by atoms with E-state index in [0.717, 1.165) is 37.9 Å². The second-order valence-corrected chi connectivity index (χ2v) is 5.44. The van der Waals surface area contributed by atoms with Gasteiger partial charge in [-0.2, -0.15) is 0 Å². The lowest BCUT2D eigenvalue weighted by molar-refractivity contribution is 0.112. The summed E-state index contributed by atoms with van der Waals surface area (Å²) in [5, 5.41) is 0. The van der Waals surface area contributed by atoms with Gasteiger partial charge >= 0.3 is 0 Å². The van der Waals surface area contributed by atoms with Gasteiger partial charge in [0.05, 0.1) is 0 Å². The highest BCUT2D eigenvalue weighted by Crippen LogP contribution is 2.23. The molecular weight excluding hydrogens is 258 g/mol. The average Bonchev–Trinajstić information content (AvgIpc) is 2.57. The molecule has 0 unspecified atom stereocenters. The molecule has 1 aliphatic rings. The fourth-order valence-electron chi connectivity index (χ4n) is 2.73. The van der Waals surface area contributed by atoms with Gasteiger partial charge in [-0.1, -0.05) is 60.7 Å². The van der Waals surface area contributed by atoms with Gasteiger partial charge in [-0.15, -0.1) is 0 Å². The van der Waals surface area contributed by atoms with Crippen molar-refractivity contribution < 1.29 is 4.79 Å². The van der Waals surface area contributed by atoms with Crippen LogP contribution in [-0.2, 0) is 6.54 Å². The Hall–Kier alpha value is -2.19. The maximum Gasteiger partial charge on any atom is 0.150 e. The van der Waals surface area contributed by atoms with Crippen molar-refractivity contribution in [2.75, 3.05) is 13.1 Å². The molecule has 0 aliphatic carbocycles. The third-order valence-corrected chi connectivity index (χ3v) is 3.96. The van der Waals surface area contributed by atoms with E-state index >= 15 is 0 Å². The van der Waals surface area contributed by atoms with Crippen LogP contribution < -0.4 is 0 Å². The van der Waals surface area contributed by atoms with Crippen molar-refractivity contribution in [1.82, 2.24) is 4.90 Å². The summed E-state index contributed by atoms with van der Waals surface area (Å²) in [5.74, 6) is 0. The Morgan fingerprint density at radius 3 is 2.38 bits per heavy atom. The van der Waals surface area contributed by atoms with E-state index in [1.807, 2.05) is 24.3 Å². The molecule has 0 spiro atoms. The summed E-state index contributed by atoms with van der Waals surface area (Å²) in [6, 6.07) is 18.5. The molecule has 1 heterocycles. The molecule has 0 saturated carbocycles. The zero-order valence-corrected chi connectivity index (χ0v) is 12.0. The Balaban J connectivity index is 1.64. The molecule has 0 bridgehead atoms. The summed E-state index contributed by atoms with van der Waals surface area (Å²) in [6.45, 7) is 3.07. The fourth-order valence-corrected chi connectivity index (χ4v) is 2.73. The van der Waals surface area contributed by atoms with E-state index < -0.39 is 0 Å². The molecule has 1 aliphatic heterocycles. The van der Waals surface area contributed by atoms with E-state index in [0.29, 0.717) is 0 Å². The zero-order chi connectivity index (χ0) is 14.5. The summed E-state index contributed by atoms with van der Waals surface area (Å²) >= 11 is 0. The topological polar surface area (TPSA) is 20.3 Å². The third-order valence-electron chi connectivity index (χ3n) is 3.96. The molecule has 0 fully saturated rings. The highest BCUT2D eigenvalue weighted by molar-refractivity contribution is 5.76. The van der Waals surface area contributed by atoms with Crippen molar-refractivity contribution >= 4 is 11.9 Å². The zero-order valence-electron chi connectivity index (χ0n) is 12.0. The Labute approximate surface area is 125 Å². The SMILES string of the molecule is O=Cc1ccc(C2=CCN(Cc3ccccc3)CC2)cc1. The standard InChI is InChI=1S/C19H19NO/c21-15-17-6-8-18(9-7-17)19-10-12-20(13-11-19)14-16-4-2-1-3-5-16/h1-10,15H,11-14H2. The Morgan fingerprint density at radius 2 is 1.76 bits per heavy atom. The van der Waals surface area contributed by atoms with E-state index in [9.17, 15) is 4.79 Å². The van der Waals surface area contributed by atoms with Gasteiger partial charge in [0.15, 0.2) is 0 Å². The lowest BCUT2D eigenvalue weighted by Crippen LogP contribution is -2.27. The minimum absolute atomic E-state index is 0.737. The first-order valence-corrected chi connectivity index (χ1v) is 7.36. The minimum atomic E-state index is 0.737. The highest BCUT2D eigenvalue weighted by Gasteiger charge is 2.13. The van der Waals surface area contributed by atoms with Gasteiger partial charge < -0.3 is 0 Å². The minimum Gasteiger partial charge on any atom is -0.298 e. The van der Waals surface area contributed by atoms with Crippen molar-refractivity contribution in [2.45, 2.75) is 13.0 Å². The van der Waals surface area contributed by atoms with Gasteiger partial charge in [-0.05, 0) is 23.1 Å². The molecule has 21 heavy (non-hydrogen) atoms. The molecule has 0 atom stereocenters. The van der Waals surface area contributed by atoms with Gasteiger partial charge in [0.1, 0.15) is 6.29 Å². The van der Waals surface area contributed by atoms with Crippen molar-refractivity contribution in [3.63, 3.8) is 0 Å². The lowest BCUT2D eigenvalue weighted by Gasteiger charge is -2.26. The van der Waals surface area contributed by atoms with Crippen molar-refractivity contribution in [2.24, 2.45) is 0 Å². The Bertz CT molecular complexity index is 628. The van der Waals surface area contributed by atoms with Gasteiger partial charge in [0, 0.05) is 25.2 Å². The monoisotopic (exact) mass is 277 g/mol. The molecule has 0 saturated heterocycles. The summed E-state index contributed by atoms with van der Waals surface area (Å²) in [4.78, 5) is 13.1. The summed E-state index contributed by atoms with van der Waals surface area (Å²) < 4.78 is 0. The number of carbonyl (C=O) groups excluding carboxylic acids is 1. The largest absolute Gasteiger partial charge is 0.298 e. The molecule has 106 valence electrons. The maximum absolute atomic E-state index is 10.7. The average molecular weight is 277 g/mol. The first-order valence-electron chi connectivity index (χ1n) is 7.36. The van der Waals surface area contributed by atoms with Crippen molar-refractivity contribution in [3.05, 3.63) is 77.4 Å². The molecule has 2 heteroatoms. The summed E-state index contributed by atoms with van der Waals surface area (Å²) in [6.07, 6.45) is 4.26. The third kappa shape index (κ3) is 3.47. The maximum atomic E-state index is 10.7. The second-order valence-electron chi connectivity index (χ2n) is 5.44. The molecule has 2 nitrogen and oxygen atoms in total. The predicted octanol–water partition coefficient (Wildman–Crippen LogP) is 3.79. The van der Waals surface area contributed by atoms with Crippen LogP contribution in [-0.4, -0.2) is 24.3 Å². The van der Waals surface area contributed by atoms with E-state index in [-0.39, 0.29) is 0 Å². The first kappa shape index (κ1) is 13.8. The molecule has 3 rings (SSSR count). The summed E-state index contributed by atoms with van der Waals surface area (Å²) in [7, 11) is 0.